The molecule has 3 aromatic rings. The van der Waals surface area contributed by atoms with E-state index in [1.165, 1.54) is 17.5 Å². The van der Waals surface area contributed by atoms with E-state index in [1.54, 1.807) is 13.3 Å². The number of amides is 1. The van der Waals surface area contributed by atoms with Gasteiger partial charge in [-0.25, -0.2) is 9.97 Å². The van der Waals surface area contributed by atoms with Crippen molar-refractivity contribution in [3.05, 3.63) is 36.4 Å². The number of carbonyl (C=O) groups excluding carboxylic acids is 1. The molecule has 7 heteroatoms. The SMILES string of the molecule is COc1cccc2sc(NC(=O)c3ncc[nH]3)nc12. The van der Waals surface area contributed by atoms with Gasteiger partial charge in [-0.1, -0.05) is 17.4 Å². The number of aromatic amines is 1. The van der Waals surface area contributed by atoms with Crippen molar-refractivity contribution in [1.29, 1.82) is 0 Å². The molecule has 0 saturated carbocycles. The summed E-state index contributed by atoms with van der Waals surface area (Å²) in [5.74, 6) is 0.626. The van der Waals surface area contributed by atoms with Gasteiger partial charge in [0, 0.05) is 12.4 Å². The van der Waals surface area contributed by atoms with Crippen molar-refractivity contribution in [3.63, 3.8) is 0 Å². The smallest absolute Gasteiger partial charge is 0.293 e. The summed E-state index contributed by atoms with van der Waals surface area (Å²) in [6.45, 7) is 0. The van der Waals surface area contributed by atoms with Crippen molar-refractivity contribution < 1.29 is 9.53 Å². The van der Waals surface area contributed by atoms with Gasteiger partial charge in [0.2, 0.25) is 0 Å². The number of hydrogen-bond acceptors (Lipinski definition) is 5. The van der Waals surface area contributed by atoms with Gasteiger partial charge in [-0.15, -0.1) is 0 Å². The van der Waals surface area contributed by atoms with Gasteiger partial charge in [-0.3, -0.25) is 10.1 Å². The number of fused-ring (bicyclic) bond motifs is 1. The number of aromatic nitrogens is 3. The molecular formula is C12H10N4O2S. The molecule has 96 valence electrons. The first-order chi connectivity index (χ1) is 9.28. The maximum absolute atomic E-state index is 11.8. The lowest BCUT2D eigenvalue weighted by atomic mass is 10.3. The van der Waals surface area contributed by atoms with Crippen molar-refractivity contribution in [2.45, 2.75) is 0 Å². The van der Waals surface area contributed by atoms with Gasteiger partial charge < -0.3 is 9.72 Å². The lowest BCUT2D eigenvalue weighted by Crippen LogP contribution is -2.13. The standard InChI is InChI=1S/C12H10N4O2S/c1-18-7-3-2-4-8-9(7)15-12(19-8)16-11(17)10-13-5-6-14-10/h2-6H,1H3,(H,13,14)(H,15,16,17). The summed E-state index contributed by atoms with van der Waals surface area (Å²) in [6.07, 6.45) is 3.12. The zero-order valence-corrected chi connectivity index (χ0v) is 10.8. The molecule has 2 N–H and O–H groups in total. The molecular weight excluding hydrogens is 264 g/mol. The Labute approximate surface area is 112 Å². The third-order valence-corrected chi connectivity index (χ3v) is 3.47. The van der Waals surface area contributed by atoms with E-state index in [0.29, 0.717) is 10.9 Å². The molecule has 19 heavy (non-hydrogen) atoms. The first-order valence-corrected chi connectivity index (χ1v) is 6.34. The monoisotopic (exact) mass is 274 g/mol. The van der Waals surface area contributed by atoms with Gasteiger partial charge in [-0.05, 0) is 12.1 Å². The molecule has 0 atom stereocenters. The summed E-state index contributed by atoms with van der Waals surface area (Å²) < 4.78 is 6.18. The lowest BCUT2D eigenvalue weighted by molar-refractivity contribution is 0.101. The number of thiazole rings is 1. The predicted molar refractivity (Wildman–Crippen MR) is 72.7 cm³/mol. The largest absolute Gasteiger partial charge is 0.494 e. The van der Waals surface area contributed by atoms with Crippen LogP contribution < -0.4 is 10.1 Å². The van der Waals surface area contributed by atoms with Crippen LogP contribution in [-0.2, 0) is 0 Å². The first kappa shape index (κ1) is 11.7. The van der Waals surface area contributed by atoms with Crippen molar-refractivity contribution in [2.24, 2.45) is 0 Å². The van der Waals surface area contributed by atoms with E-state index in [2.05, 4.69) is 20.3 Å². The number of nitrogens with one attached hydrogen (secondary N) is 2. The van der Waals surface area contributed by atoms with Gasteiger partial charge in [0.1, 0.15) is 11.3 Å². The third kappa shape index (κ3) is 2.15. The second kappa shape index (κ2) is 4.69. The Balaban J connectivity index is 1.92. The van der Waals surface area contributed by atoms with Crippen LogP contribution >= 0.6 is 11.3 Å². The van der Waals surface area contributed by atoms with Crippen LogP contribution in [0.1, 0.15) is 10.6 Å². The summed E-state index contributed by atoms with van der Waals surface area (Å²) in [6, 6.07) is 5.65. The highest BCUT2D eigenvalue weighted by Gasteiger charge is 2.13. The van der Waals surface area contributed by atoms with Crippen LogP contribution in [0.25, 0.3) is 10.2 Å². The zero-order chi connectivity index (χ0) is 13.2. The molecule has 0 aliphatic rings. The van der Waals surface area contributed by atoms with Gasteiger partial charge in [0.25, 0.3) is 5.91 Å². The van der Waals surface area contributed by atoms with E-state index in [0.717, 1.165) is 10.2 Å². The normalized spacial score (nSPS) is 10.6. The van der Waals surface area contributed by atoms with E-state index in [1.807, 2.05) is 18.2 Å². The fourth-order valence-electron chi connectivity index (χ4n) is 1.69. The van der Waals surface area contributed by atoms with Crippen LogP contribution in [0.4, 0.5) is 5.13 Å². The Hall–Kier alpha value is -2.41. The van der Waals surface area contributed by atoms with E-state index in [-0.39, 0.29) is 11.7 Å². The number of ether oxygens (including phenoxy) is 1. The van der Waals surface area contributed by atoms with Crippen LogP contribution in [0.15, 0.2) is 30.6 Å². The molecule has 3 rings (SSSR count). The molecule has 0 radical (unpaired) electrons. The fourth-order valence-corrected chi connectivity index (χ4v) is 2.57. The number of hydrogen-bond donors (Lipinski definition) is 2. The molecule has 1 aromatic carbocycles. The number of methoxy groups -OCH3 is 1. The third-order valence-electron chi connectivity index (χ3n) is 2.54. The van der Waals surface area contributed by atoms with Crippen LogP contribution in [0, 0.1) is 0 Å². The summed E-state index contributed by atoms with van der Waals surface area (Å²) >= 11 is 1.39. The minimum Gasteiger partial charge on any atom is -0.494 e. The average Bonchev–Trinajstić information content (AvgIpc) is 3.06. The molecule has 0 spiro atoms. The molecule has 0 aliphatic heterocycles. The van der Waals surface area contributed by atoms with Gasteiger partial charge in [0.15, 0.2) is 11.0 Å². The van der Waals surface area contributed by atoms with E-state index in [9.17, 15) is 4.79 Å². The molecule has 6 nitrogen and oxygen atoms in total. The maximum Gasteiger partial charge on any atom is 0.293 e. The quantitative estimate of drug-likeness (QED) is 0.768. The number of benzene rings is 1. The molecule has 0 fully saturated rings. The molecule has 0 saturated heterocycles. The average molecular weight is 274 g/mol. The second-order valence-corrected chi connectivity index (χ2v) is 4.75. The Kier molecular flexibility index (Phi) is 2.88. The molecule has 2 heterocycles. The van der Waals surface area contributed by atoms with E-state index in [4.69, 9.17) is 4.74 Å². The summed E-state index contributed by atoms with van der Waals surface area (Å²) in [5, 5.41) is 3.22. The fraction of sp³-hybridized carbons (Fsp3) is 0.0833. The zero-order valence-electron chi connectivity index (χ0n) is 10.0. The predicted octanol–water partition coefficient (Wildman–Crippen LogP) is 2.28. The van der Waals surface area contributed by atoms with Gasteiger partial charge >= 0.3 is 0 Å². The highest BCUT2D eigenvalue weighted by molar-refractivity contribution is 7.22. The number of carbonyl (C=O) groups is 1. The molecule has 1 amide bonds. The minimum atomic E-state index is -0.317. The maximum atomic E-state index is 11.8. The Morgan fingerprint density at radius 2 is 2.37 bits per heavy atom. The highest BCUT2D eigenvalue weighted by Crippen LogP contribution is 2.32. The summed E-state index contributed by atoms with van der Waals surface area (Å²) in [4.78, 5) is 22.8. The van der Waals surface area contributed by atoms with Crippen molar-refractivity contribution >= 4 is 32.6 Å². The number of nitrogens with zero attached hydrogens (tertiary/aromatic N) is 2. The van der Waals surface area contributed by atoms with Gasteiger partial charge in [-0.2, -0.15) is 0 Å². The van der Waals surface area contributed by atoms with E-state index >= 15 is 0 Å². The molecule has 0 unspecified atom stereocenters. The minimum absolute atomic E-state index is 0.256. The number of H-pyrrole nitrogens is 1. The van der Waals surface area contributed by atoms with Crippen LogP contribution in [0.5, 0.6) is 5.75 Å². The summed E-state index contributed by atoms with van der Waals surface area (Å²) in [7, 11) is 1.59. The van der Waals surface area contributed by atoms with Crippen LogP contribution in [0.3, 0.4) is 0 Å². The lowest BCUT2D eigenvalue weighted by Gasteiger charge is -1.98. The van der Waals surface area contributed by atoms with Crippen molar-refractivity contribution in [3.8, 4) is 5.75 Å². The Bertz CT molecular complexity index is 720. The summed E-state index contributed by atoms with van der Waals surface area (Å²) in [5.41, 5.74) is 0.741. The van der Waals surface area contributed by atoms with Crippen LogP contribution in [-0.4, -0.2) is 28.0 Å². The number of rotatable bonds is 3. The van der Waals surface area contributed by atoms with E-state index < -0.39 is 0 Å². The number of imidazole rings is 1. The Morgan fingerprint density at radius 3 is 3.11 bits per heavy atom. The second-order valence-electron chi connectivity index (χ2n) is 3.72. The highest BCUT2D eigenvalue weighted by atomic mass is 32.1. The molecule has 0 bridgehead atoms. The van der Waals surface area contributed by atoms with Crippen molar-refractivity contribution in [2.75, 3.05) is 12.4 Å². The van der Waals surface area contributed by atoms with Gasteiger partial charge in [0.05, 0.1) is 11.8 Å². The molecule has 2 aromatic heterocycles. The first-order valence-electron chi connectivity index (χ1n) is 5.52. The van der Waals surface area contributed by atoms with Crippen LogP contribution in [0.2, 0.25) is 0 Å². The van der Waals surface area contributed by atoms with Crippen molar-refractivity contribution in [1.82, 2.24) is 15.0 Å². The number of para-hydroxylation sites is 1. The Morgan fingerprint density at radius 1 is 1.47 bits per heavy atom. The topological polar surface area (TPSA) is 79.9 Å². The number of anilines is 1. The molecule has 0 aliphatic carbocycles.